The summed E-state index contributed by atoms with van der Waals surface area (Å²) in [5.74, 6) is 0.231. The number of hydrogen-bond acceptors (Lipinski definition) is 3. The van der Waals surface area contributed by atoms with Crippen molar-refractivity contribution in [2.75, 3.05) is 11.9 Å². The highest BCUT2D eigenvalue weighted by Gasteiger charge is 2.27. The molecule has 4 nitrogen and oxygen atoms in total. The third-order valence-corrected chi connectivity index (χ3v) is 3.87. The first-order valence-corrected chi connectivity index (χ1v) is 6.83. The van der Waals surface area contributed by atoms with E-state index >= 15 is 0 Å². The molecule has 2 heterocycles. The van der Waals surface area contributed by atoms with Crippen molar-refractivity contribution in [1.82, 2.24) is 5.32 Å². The van der Waals surface area contributed by atoms with Crippen LogP contribution in [-0.2, 0) is 13.0 Å². The van der Waals surface area contributed by atoms with Crippen LogP contribution in [0, 0.1) is 0 Å². The van der Waals surface area contributed by atoms with Gasteiger partial charge in [-0.3, -0.25) is 4.79 Å². The first-order chi connectivity index (χ1) is 9.70. The number of carbonyl (C=O) groups excluding carboxylic acids is 1. The van der Waals surface area contributed by atoms with E-state index in [1.165, 1.54) is 11.3 Å². The quantitative estimate of drug-likeness (QED) is 0.932. The van der Waals surface area contributed by atoms with Gasteiger partial charge in [0.2, 0.25) is 0 Å². The van der Waals surface area contributed by atoms with E-state index in [9.17, 15) is 4.79 Å². The fourth-order valence-electron chi connectivity index (χ4n) is 2.83. The summed E-state index contributed by atoms with van der Waals surface area (Å²) >= 11 is 0. The molecule has 3 rings (SSSR count). The van der Waals surface area contributed by atoms with Gasteiger partial charge in [0, 0.05) is 30.9 Å². The van der Waals surface area contributed by atoms with Crippen LogP contribution in [-0.4, -0.2) is 19.0 Å². The minimum absolute atomic E-state index is 0.176. The van der Waals surface area contributed by atoms with Crippen molar-refractivity contribution in [2.24, 2.45) is 0 Å². The van der Waals surface area contributed by atoms with Gasteiger partial charge in [-0.15, -0.1) is 0 Å². The lowest BCUT2D eigenvalue weighted by atomic mass is 10.1. The van der Waals surface area contributed by atoms with Crippen LogP contribution in [0.15, 0.2) is 41.0 Å². The molecule has 0 fully saturated rings. The van der Waals surface area contributed by atoms with Gasteiger partial charge in [-0.1, -0.05) is 18.2 Å². The molecule has 4 heteroatoms. The number of para-hydroxylation sites is 1. The average molecular weight is 270 g/mol. The summed E-state index contributed by atoms with van der Waals surface area (Å²) in [6.07, 6.45) is 2.62. The van der Waals surface area contributed by atoms with Crippen LogP contribution >= 0.6 is 0 Å². The summed E-state index contributed by atoms with van der Waals surface area (Å²) in [6.45, 7) is 2.90. The second-order valence-corrected chi connectivity index (χ2v) is 5.16. The van der Waals surface area contributed by atoms with Gasteiger partial charge < -0.3 is 14.6 Å². The van der Waals surface area contributed by atoms with Crippen LogP contribution in [0.2, 0.25) is 0 Å². The number of benzene rings is 1. The second kappa shape index (κ2) is 5.04. The summed E-state index contributed by atoms with van der Waals surface area (Å²) in [5.41, 5.74) is 3.54. The first kappa shape index (κ1) is 12.8. The van der Waals surface area contributed by atoms with Crippen LogP contribution in [0.1, 0.15) is 28.6 Å². The molecule has 0 saturated carbocycles. The van der Waals surface area contributed by atoms with E-state index in [4.69, 9.17) is 4.42 Å². The van der Waals surface area contributed by atoms with Crippen LogP contribution < -0.4 is 10.2 Å². The van der Waals surface area contributed by atoms with Crippen LogP contribution in [0.25, 0.3) is 0 Å². The van der Waals surface area contributed by atoms with Crippen molar-refractivity contribution in [3.05, 3.63) is 53.5 Å². The maximum Gasteiger partial charge on any atom is 0.287 e. The van der Waals surface area contributed by atoms with E-state index in [1.54, 1.807) is 13.3 Å². The number of amides is 1. The Hall–Kier alpha value is -2.23. The fourth-order valence-corrected chi connectivity index (χ4v) is 2.83. The molecule has 20 heavy (non-hydrogen) atoms. The van der Waals surface area contributed by atoms with Crippen molar-refractivity contribution < 1.29 is 9.21 Å². The largest absolute Gasteiger partial charge is 0.459 e. The zero-order valence-electron chi connectivity index (χ0n) is 11.7. The summed E-state index contributed by atoms with van der Waals surface area (Å²) in [6, 6.07) is 10.7. The molecule has 1 aliphatic heterocycles. The number of anilines is 1. The predicted molar refractivity (Wildman–Crippen MR) is 77.9 cm³/mol. The Balaban J connectivity index is 1.89. The third-order valence-electron chi connectivity index (χ3n) is 3.87. The Morgan fingerprint density at radius 3 is 3.00 bits per heavy atom. The van der Waals surface area contributed by atoms with E-state index in [2.05, 4.69) is 41.4 Å². The van der Waals surface area contributed by atoms with Gasteiger partial charge in [-0.2, -0.15) is 0 Å². The summed E-state index contributed by atoms with van der Waals surface area (Å²) < 4.78 is 5.31. The third kappa shape index (κ3) is 2.07. The molecule has 1 N–H and O–H groups in total. The molecule has 2 aromatic rings. The molecular formula is C16H18N2O2. The highest BCUT2D eigenvalue weighted by atomic mass is 16.3. The minimum Gasteiger partial charge on any atom is -0.459 e. The Bertz CT molecular complexity index is 633. The number of carbonyl (C=O) groups is 1. The maximum atomic E-state index is 11.8. The highest BCUT2D eigenvalue weighted by molar-refractivity contribution is 5.92. The molecule has 1 aliphatic rings. The number of furan rings is 1. The summed E-state index contributed by atoms with van der Waals surface area (Å²) in [4.78, 5) is 14.1. The zero-order valence-corrected chi connectivity index (χ0v) is 11.7. The van der Waals surface area contributed by atoms with Gasteiger partial charge in [0.05, 0.1) is 6.26 Å². The van der Waals surface area contributed by atoms with Crippen molar-refractivity contribution in [2.45, 2.75) is 25.9 Å². The van der Waals surface area contributed by atoms with E-state index in [-0.39, 0.29) is 5.91 Å². The molecule has 0 saturated heterocycles. The Morgan fingerprint density at radius 1 is 1.40 bits per heavy atom. The van der Waals surface area contributed by atoms with Gasteiger partial charge in [0.25, 0.3) is 5.91 Å². The maximum absolute atomic E-state index is 11.8. The number of nitrogens with one attached hydrogen (secondary N) is 1. The highest BCUT2D eigenvalue weighted by Crippen LogP contribution is 2.33. The van der Waals surface area contributed by atoms with E-state index in [0.29, 0.717) is 18.3 Å². The molecule has 0 radical (unpaired) electrons. The number of hydrogen-bond donors (Lipinski definition) is 1. The second-order valence-electron chi connectivity index (χ2n) is 5.16. The van der Waals surface area contributed by atoms with Crippen molar-refractivity contribution in [1.29, 1.82) is 0 Å². The monoisotopic (exact) mass is 270 g/mol. The molecule has 1 atom stereocenters. The topological polar surface area (TPSA) is 45.5 Å². The smallest absolute Gasteiger partial charge is 0.287 e. The van der Waals surface area contributed by atoms with Crippen molar-refractivity contribution in [3.8, 4) is 0 Å². The normalized spacial score (nSPS) is 17.1. The van der Waals surface area contributed by atoms with Crippen molar-refractivity contribution >= 4 is 11.6 Å². The van der Waals surface area contributed by atoms with Gasteiger partial charge in [0.15, 0.2) is 5.76 Å². The van der Waals surface area contributed by atoms with Crippen LogP contribution in [0.4, 0.5) is 5.69 Å². The van der Waals surface area contributed by atoms with E-state index in [0.717, 1.165) is 12.0 Å². The molecule has 1 aromatic carbocycles. The van der Waals surface area contributed by atoms with Gasteiger partial charge in [0.1, 0.15) is 0 Å². The molecule has 0 aliphatic carbocycles. The predicted octanol–water partition coefficient (Wildman–Crippen LogP) is 2.59. The van der Waals surface area contributed by atoms with Crippen molar-refractivity contribution in [3.63, 3.8) is 0 Å². The minimum atomic E-state index is -0.176. The molecule has 0 spiro atoms. The zero-order chi connectivity index (χ0) is 14.1. The summed E-state index contributed by atoms with van der Waals surface area (Å²) in [5, 5.41) is 2.61. The molecular weight excluding hydrogens is 252 g/mol. The Morgan fingerprint density at radius 2 is 2.20 bits per heavy atom. The molecule has 0 bridgehead atoms. The van der Waals surface area contributed by atoms with Crippen LogP contribution in [0.3, 0.4) is 0 Å². The molecule has 0 unspecified atom stereocenters. The van der Waals surface area contributed by atoms with Gasteiger partial charge in [-0.05, 0) is 31.0 Å². The fraction of sp³-hybridized carbons (Fsp3) is 0.312. The lowest BCUT2D eigenvalue weighted by Crippen LogP contribution is -2.29. The summed E-state index contributed by atoms with van der Waals surface area (Å²) in [7, 11) is 1.61. The number of fused-ring (bicyclic) bond motifs is 1. The van der Waals surface area contributed by atoms with E-state index < -0.39 is 0 Å². The lowest BCUT2D eigenvalue weighted by Gasteiger charge is -2.24. The van der Waals surface area contributed by atoms with Gasteiger partial charge >= 0.3 is 0 Å². The molecule has 1 amide bonds. The lowest BCUT2D eigenvalue weighted by molar-refractivity contribution is 0.0934. The molecule has 104 valence electrons. The Kier molecular flexibility index (Phi) is 3.22. The number of rotatable bonds is 3. The standard InChI is InChI=1S/C16H18N2O2/c1-11-9-12-5-3-4-6-14(12)18(11)10-13-7-8-20-15(13)16(19)17-2/h3-8,11H,9-10H2,1-2H3,(H,17,19)/t11-/m1/s1. The van der Waals surface area contributed by atoms with Gasteiger partial charge in [-0.25, -0.2) is 0 Å². The number of nitrogens with zero attached hydrogens (tertiary/aromatic N) is 1. The Labute approximate surface area is 118 Å². The molecule has 1 aromatic heterocycles. The average Bonchev–Trinajstić information content (AvgIpc) is 3.04. The first-order valence-electron chi connectivity index (χ1n) is 6.83. The van der Waals surface area contributed by atoms with E-state index in [1.807, 2.05) is 6.07 Å². The SMILES string of the molecule is CNC(=O)c1occc1CN1c2ccccc2C[C@H]1C. The van der Waals surface area contributed by atoms with Crippen LogP contribution in [0.5, 0.6) is 0 Å².